The maximum atomic E-state index is 11.7. The van der Waals surface area contributed by atoms with Gasteiger partial charge in [0, 0.05) is 10.9 Å². The largest absolute Gasteiger partial charge is 0.465 e. The molecule has 0 saturated carbocycles. The highest BCUT2D eigenvalue weighted by molar-refractivity contribution is 7.14. The Morgan fingerprint density at radius 3 is 2.80 bits per heavy atom. The van der Waals surface area contributed by atoms with Crippen molar-refractivity contribution in [2.75, 3.05) is 12.5 Å². The maximum Gasteiger partial charge on any atom is 0.337 e. The van der Waals surface area contributed by atoms with Crippen LogP contribution >= 0.6 is 11.3 Å². The molecule has 0 unspecified atom stereocenters. The molecule has 0 spiro atoms. The molecule has 0 fully saturated rings. The molecular formula is C19H17N3O2S. The second-order valence-corrected chi connectivity index (χ2v) is 6.26. The Labute approximate surface area is 150 Å². The first-order chi connectivity index (χ1) is 12.2. The van der Waals surface area contributed by atoms with Gasteiger partial charge in [-0.25, -0.2) is 9.78 Å². The number of hydrazone groups is 1. The highest BCUT2D eigenvalue weighted by Gasteiger charge is 2.07. The highest BCUT2D eigenvalue weighted by Crippen LogP contribution is 2.24. The third kappa shape index (κ3) is 4.30. The van der Waals surface area contributed by atoms with Gasteiger partial charge in [-0.05, 0) is 30.2 Å². The van der Waals surface area contributed by atoms with Crippen molar-refractivity contribution >= 4 is 28.7 Å². The van der Waals surface area contributed by atoms with Gasteiger partial charge in [-0.2, -0.15) is 5.10 Å². The summed E-state index contributed by atoms with van der Waals surface area (Å²) in [6, 6.07) is 15.4. The summed E-state index contributed by atoms with van der Waals surface area (Å²) in [6.45, 7) is 1.92. The van der Waals surface area contributed by atoms with Crippen molar-refractivity contribution in [3.05, 3.63) is 70.6 Å². The average Bonchev–Trinajstić information content (AvgIpc) is 3.10. The number of esters is 1. The van der Waals surface area contributed by atoms with Crippen molar-refractivity contribution in [3.63, 3.8) is 0 Å². The number of aromatic nitrogens is 1. The van der Waals surface area contributed by atoms with Crippen LogP contribution in [0.1, 0.15) is 21.5 Å². The van der Waals surface area contributed by atoms with Crippen molar-refractivity contribution < 1.29 is 9.53 Å². The first-order valence-corrected chi connectivity index (χ1v) is 8.54. The molecule has 1 N–H and O–H groups in total. The minimum atomic E-state index is -0.362. The van der Waals surface area contributed by atoms with E-state index in [0.29, 0.717) is 10.7 Å². The van der Waals surface area contributed by atoms with Gasteiger partial charge >= 0.3 is 5.97 Å². The number of nitrogens with zero attached hydrogens (tertiary/aromatic N) is 2. The fourth-order valence-electron chi connectivity index (χ4n) is 2.35. The fourth-order valence-corrected chi connectivity index (χ4v) is 3.02. The molecule has 1 heterocycles. The van der Waals surface area contributed by atoms with E-state index < -0.39 is 0 Å². The Bertz CT molecular complexity index is 904. The van der Waals surface area contributed by atoms with Gasteiger partial charge in [0.1, 0.15) is 0 Å². The summed E-state index contributed by atoms with van der Waals surface area (Å²) in [6.07, 6.45) is 1.66. The van der Waals surface area contributed by atoms with Crippen molar-refractivity contribution in [3.8, 4) is 11.3 Å². The Morgan fingerprint density at radius 1 is 1.24 bits per heavy atom. The molecule has 0 saturated heterocycles. The molecule has 0 aliphatic carbocycles. The van der Waals surface area contributed by atoms with Crippen molar-refractivity contribution in [1.82, 2.24) is 4.98 Å². The first-order valence-electron chi connectivity index (χ1n) is 7.66. The number of ether oxygens (including phenoxy) is 1. The van der Waals surface area contributed by atoms with Crippen molar-refractivity contribution in [2.24, 2.45) is 5.10 Å². The summed E-state index contributed by atoms with van der Waals surface area (Å²) >= 11 is 1.48. The van der Waals surface area contributed by atoms with Gasteiger partial charge in [-0.1, -0.05) is 36.4 Å². The van der Waals surface area contributed by atoms with E-state index >= 15 is 0 Å². The number of carbonyl (C=O) groups excluding carboxylic acids is 1. The van der Waals surface area contributed by atoms with Crippen LogP contribution in [0, 0.1) is 6.92 Å². The molecule has 0 amide bonds. The normalized spacial score (nSPS) is 10.8. The molecule has 126 valence electrons. The quantitative estimate of drug-likeness (QED) is 0.422. The maximum absolute atomic E-state index is 11.7. The summed E-state index contributed by atoms with van der Waals surface area (Å²) in [5.74, 6) is -0.362. The van der Waals surface area contributed by atoms with Crippen LogP contribution in [0.3, 0.4) is 0 Å². The van der Waals surface area contributed by atoms with Gasteiger partial charge in [-0.15, -0.1) is 11.3 Å². The molecule has 6 heteroatoms. The third-order valence-corrected chi connectivity index (χ3v) is 4.22. The van der Waals surface area contributed by atoms with Gasteiger partial charge in [0.05, 0.1) is 24.6 Å². The molecule has 0 aliphatic rings. The monoisotopic (exact) mass is 351 g/mol. The van der Waals surface area contributed by atoms with Crippen LogP contribution in [0.5, 0.6) is 0 Å². The summed E-state index contributed by atoms with van der Waals surface area (Å²) < 4.78 is 4.76. The van der Waals surface area contributed by atoms with Crippen LogP contribution in [0.2, 0.25) is 0 Å². The van der Waals surface area contributed by atoms with Crippen molar-refractivity contribution in [1.29, 1.82) is 0 Å². The second-order valence-electron chi connectivity index (χ2n) is 5.40. The lowest BCUT2D eigenvalue weighted by Gasteiger charge is -2.03. The molecule has 3 rings (SSSR count). The van der Waals surface area contributed by atoms with Gasteiger partial charge in [0.2, 0.25) is 5.13 Å². The number of nitrogens with one attached hydrogen (secondary N) is 1. The molecule has 0 radical (unpaired) electrons. The Morgan fingerprint density at radius 2 is 2.04 bits per heavy atom. The topological polar surface area (TPSA) is 63.6 Å². The molecule has 5 nitrogen and oxygen atoms in total. The first kappa shape index (κ1) is 16.9. The predicted molar refractivity (Wildman–Crippen MR) is 101 cm³/mol. The van der Waals surface area contributed by atoms with Crippen LogP contribution in [0.15, 0.2) is 59.0 Å². The van der Waals surface area contributed by atoms with E-state index in [4.69, 9.17) is 4.74 Å². The van der Waals surface area contributed by atoms with Gasteiger partial charge < -0.3 is 4.74 Å². The number of hydrogen-bond donors (Lipinski definition) is 1. The molecule has 0 aliphatic heterocycles. The predicted octanol–water partition coefficient (Wildman–Crippen LogP) is 4.35. The van der Waals surface area contributed by atoms with Gasteiger partial charge in [-0.3, -0.25) is 5.43 Å². The second kappa shape index (κ2) is 7.72. The Hall–Kier alpha value is -2.99. The molecule has 2 aromatic carbocycles. The molecule has 3 aromatic rings. The van der Waals surface area contributed by atoms with Crippen LogP contribution in [-0.4, -0.2) is 24.3 Å². The standard InChI is InChI=1S/C19H17N3O2S/c1-13-8-14(10-16(9-13)18(23)24-2)11-20-22-19-21-17(12-25-19)15-6-4-3-5-7-15/h3-12H,1-2H3,(H,21,22). The lowest BCUT2D eigenvalue weighted by molar-refractivity contribution is 0.0600. The smallest absolute Gasteiger partial charge is 0.337 e. The summed E-state index contributed by atoms with van der Waals surface area (Å²) in [7, 11) is 1.37. The van der Waals surface area contributed by atoms with E-state index in [1.807, 2.05) is 48.7 Å². The molecular weight excluding hydrogens is 334 g/mol. The molecule has 0 atom stereocenters. The van der Waals surface area contributed by atoms with E-state index in [2.05, 4.69) is 15.5 Å². The van der Waals surface area contributed by atoms with E-state index in [1.165, 1.54) is 18.4 Å². The SMILES string of the molecule is COC(=O)c1cc(C)cc(C=NNc2nc(-c3ccccc3)cs2)c1. The summed E-state index contributed by atoms with van der Waals surface area (Å²) in [5.41, 5.74) is 7.18. The Balaban J connectivity index is 1.71. The van der Waals surface area contributed by atoms with Crippen LogP contribution in [-0.2, 0) is 4.74 Å². The zero-order chi connectivity index (χ0) is 17.6. The third-order valence-electron chi connectivity index (χ3n) is 3.47. The number of methoxy groups -OCH3 is 1. The van der Waals surface area contributed by atoms with Crippen molar-refractivity contribution in [2.45, 2.75) is 6.92 Å². The zero-order valence-electron chi connectivity index (χ0n) is 13.9. The van der Waals surface area contributed by atoms with Gasteiger partial charge in [0.15, 0.2) is 0 Å². The van der Waals surface area contributed by atoms with E-state index in [9.17, 15) is 4.79 Å². The lowest BCUT2D eigenvalue weighted by Crippen LogP contribution is -2.02. The zero-order valence-corrected chi connectivity index (χ0v) is 14.7. The summed E-state index contributed by atoms with van der Waals surface area (Å²) in [5, 5.41) is 6.89. The highest BCUT2D eigenvalue weighted by atomic mass is 32.1. The number of carbonyl (C=O) groups is 1. The van der Waals surface area contributed by atoms with Crippen LogP contribution in [0.4, 0.5) is 5.13 Å². The lowest BCUT2D eigenvalue weighted by atomic mass is 10.1. The number of anilines is 1. The number of hydrogen-bond acceptors (Lipinski definition) is 6. The minimum Gasteiger partial charge on any atom is -0.465 e. The van der Waals surface area contributed by atoms with Crippen LogP contribution < -0.4 is 5.43 Å². The average molecular weight is 351 g/mol. The van der Waals surface area contributed by atoms with Gasteiger partial charge in [0.25, 0.3) is 0 Å². The number of aryl methyl sites for hydroxylation is 1. The number of thiazole rings is 1. The van der Waals surface area contributed by atoms with Crippen LogP contribution in [0.25, 0.3) is 11.3 Å². The van der Waals surface area contributed by atoms with E-state index in [0.717, 1.165) is 22.4 Å². The molecule has 0 bridgehead atoms. The van der Waals surface area contributed by atoms with E-state index in [1.54, 1.807) is 18.3 Å². The summed E-state index contributed by atoms with van der Waals surface area (Å²) in [4.78, 5) is 16.2. The number of benzene rings is 2. The number of rotatable bonds is 5. The fraction of sp³-hybridized carbons (Fsp3) is 0.105. The molecule has 1 aromatic heterocycles. The minimum absolute atomic E-state index is 0.362. The Kier molecular flexibility index (Phi) is 5.20. The van der Waals surface area contributed by atoms with E-state index in [-0.39, 0.29) is 5.97 Å². The molecule has 25 heavy (non-hydrogen) atoms.